The second-order valence-electron chi connectivity index (χ2n) is 22.1. The van der Waals surface area contributed by atoms with E-state index >= 15 is 0 Å². The second kappa shape index (κ2) is 48.7. The van der Waals surface area contributed by atoms with Crippen LogP contribution in [0.25, 0.3) is 0 Å². The summed E-state index contributed by atoms with van der Waals surface area (Å²) in [7, 11) is 0. The van der Waals surface area contributed by atoms with Crippen LogP contribution in [0.1, 0.15) is 155 Å². The Morgan fingerprint density at radius 3 is 1.23 bits per heavy atom. The highest BCUT2D eigenvalue weighted by Crippen LogP contribution is 2.33. The van der Waals surface area contributed by atoms with E-state index in [0.717, 1.165) is 128 Å². The van der Waals surface area contributed by atoms with Crippen molar-refractivity contribution in [2.45, 2.75) is 259 Å². The Hall–Kier alpha value is -4.07. The van der Waals surface area contributed by atoms with Crippen molar-refractivity contribution >= 4 is 5.91 Å². The van der Waals surface area contributed by atoms with Gasteiger partial charge in [0.1, 0.15) is 73.2 Å². The molecule has 0 spiro atoms. The first-order chi connectivity index (χ1) is 42.3. The van der Waals surface area contributed by atoms with Crippen LogP contribution in [0.3, 0.4) is 0 Å². The smallest absolute Gasteiger partial charge is 0.220 e. The van der Waals surface area contributed by atoms with E-state index in [4.69, 9.17) is 28.4 Å². The normalized spacial score (nSPS) is 29.5. The zero-order valence-corrected chi connectivity index (χ0v) is 51.7. The Morgan fingerprint density at radius 1 is 0.425 bits per heavy atom. The third-order valence-electron chi connectivity index (χ3n) is 15.0. The predicted molar refractivity (Wildman–Crippen MR) is 336 cm³/mol. The van der Waals surface area contributed by atoms with E-state index < -0.39 is 124 Å². The monoisotopic (exact) mass is 1230 g/mol. The molecule has 3 fully saturated rings. The van der Waals surface area contributed by atoms with E-state index in [1.165, 1.54) is 0 Å². The number of ether oxygens (including phenoxy) is 6. The zero-order valence-electron chi connectivity index (χ0n) is 51.7. The number of unbranched alkanes of at least 4 members (excludes halogenated alkanes) is 9. The average molecular weight is 1230 g/mol. The summed E-state index contributed by atoms with van der Waals surface area (Å²) in [5, 5.41) is 120. The maximum atomic E-state index is 13.3. The number of nitrogens with one attached hydrogen (secondary N) is 1. The van der Waals surface area contributed by atoms with Crippen molar-refractivity contribution in [2.75, 3.05) is 26.4 Å². The summed E-state index contributed by atoms with van der Waals surface area (Å²) >= 11 is 0. The first-order valence-corrected chi connectivity index (χ1v) is 31.9. The van der Waals surface area contributed by atoms with Gasteiger partial charge in [-0.15, -0.1) is 0 Å². The molecule has 0 saturated carbocycles. The standard InChI is InChI=1S/C68H109NO18/c1-3-5-7-9-11-12-13-14-15-16-17-18-19-20-21-22-23-24-25-26-27-28-29-30-31-32-33-34-35-36-37-38-40-42-44-46-56(74)69-51(52(73)45-43-41-39-10-8-6-4-2)50-82-66-62(80)59(77)64(54(48-71)84-66)87-68-63(81)60(78)65(55(49-72)85-68)86-67-61(79)58(76)57(75)53(47-70)83-67/h5,7,11-12,14-15,17-18,20-21,23-24,26-27,29-30,32-33,35-36,43,45,51-55,57-68,70-73,75-81H,3-4,6,8-10,13,16,19,22,25,28,31,34,37-42,44,46-50H2,1-2H3,(H,69,74)/b7-5-,12-11-,15-14-,18-17-,21-20-,24-23-,27-26-,30-29-,33-32-,36-35-,45-43+. The Bertz CT molecular complexity index is 2100. The molecule has 494 valence electrons. The summed E-state index contributed by atoms with van der Waals surface area (Å²) in [5.41, 5.74) is 0. The summed E-state index contributed by atoms with van der Waals surface area (Å²) in [5.74, 6) is -0.312. The minimum Gasteiger partial charge on any atom is -0.394 e. The Morgan fingerprint density at radius 2 is 0.793 bits per heavy atom. The van der Waals surface area contributed by atoms with Gasteiger partial charge in [-0.25, -0.2) is 0 Å². The van der Waals surface area contributed by atoms with Gasteiger partial charge in [0.15, 0.2) is 18.9 Å². The van der Waals surface area contributed by atoms with Crippen LogP contribution in [0.5, 0.6) is 0 Å². The van der Waals surface area contributed by atoms with Gasteiger partial charge in [-0.05, 0) is 96.3 Å². The summed E-state index contributed by atoms with van der Waals surface area (Å²) < 4.78 is 34.1. The van der Waals surface area contributed by atoms with Crippen LogP contribution in [0, 0.1) is 0 Å². The van der Waals surface area contributed by atoms with E-state index in [0.29, 0.717) is 6.42 Å². The lowest BCUT2D eigenvalue weighted by Crippen LogP contribution is -2.66. The number of hydrogen-bond donors (Lipinski definition) is 12. The molecule has 3 aliphatic heterocycles. The van der Waals surface area contributed by atoms with Crippen molar-refractivity contribution < 1.29 is 89.4 Å². The van der Waals surface area contributed by atoms with Crippen LogP contribution in [-0.4, -0.2) is 193 Å². The van der Waals surface area contributed by atoms with Crippen LogP contribution >= 0.6 is 0 Å². The number of allylic oxidation sites excluding steroid dienone is 21. The molecule has 12 N–H and O–H groups in total. The molecule has 3 rings (SSSR count). The fourth-order valence-corrected chi connectivity index (χ4v) is 9.74. The maximum Gasteiger partial charge on any atom is 0.220 e. The van der Waals surface area contributed by atoms with Crippen LogP contribution in [0.2, 0.25) is 0 Å². The Labute approximate surface area is 518 Å². The highest BCUT2D eigenvalue weighted by atomic mass is 16.8. The van der Waals surface area contributed by atoms with Gasteiger partial charge in [0.05, 0.1) is 38.6 Å². The van der Waals surface area contributed by atoms with Gasteiger partial charge in [0, 0.05) is 6.42 Å². The van der Waals surface area contributed by atoms with Gasteiger partial charge in [0.2, 0.25) is 5.91 Å². The largest absolute Gasteiger partial charge is 0.394 e. The molecule has 0 radical (unpaired) electrons. The number of aliphatic hydroxyl groups is 11. The van der Waals surface area contributed by atoms with Crippen LogP contribution < -0.4 is 5.32 Å². The van der Waals surface area contributed by atoms with E-state index in [2.05, 4.69) is 141 Å². The summed E-state index contributed by atoms with van der Waals surface area (Å²) in [4.78, 5) is 13.3. The van der Waals surface area contributed by atoms with Crippen molar-refractivity contribution in [2.24, 2.45) is 0 Å². The average Bonchev–Trinajstić information content (AvgIpc) is 2.35. The van der Waals surface area contributed by atoms with E-state index in [1.54, 1.807) is 6.08 Å². The quantitative estimate of drug-likeness (QED) is 0.0215. The summed E-state index contributed by atoms with van der Waals surface area (Å²) in [6.07, 6.45) is 40.6. The Balaban J connectivity index is 1.36. The summed E-state index contributed by atoms with van der Waals surface area (Å²) in [6.45, 7) is 1.47. The molecule has 0 bridgehead atoms. The molecule has 0 aromatic heterocycles. The fraction of sp³-hybridized carbons (Fsp3) is 0.662. The number of carbonyl (C=O) groups is 1. The highest BCUT2D eigenvalue weighted by molar-refractivity contribution is 5.76. The number of rotatable bonds is 45. The van der Waals surface area contributed by atoms with Crippen molar-refractivity contribution in [3.63, 3.8) is 0 Å². The molecule has 3 aliphatic rings. The van der Waals surface area contributed by atoms with Gasteiger partial charge in [-0.2, -0.15) is 0 Å². The van der Waals surface area contributed by atoms with Crippen molar-refractivity contribution in [1.82, 2.24) is 5.32 Å². The molecule has 1 amide bonds. The number of hydrogen-bond acceptors (Lipinski definition) is 18. The lowest BCUT2D eigenvalue weighted by molar-refractivity contribution is -0.379. The molecule has 19 heteroatoms. The molecule has 87 heavy (non-hydrogen) atoms. The molecule has 0 aliphatic carbocycles. The van der Waals surface area contributed by atoms with E-state index in [1.807, 2.05) is 6.08 Å². The molecule has 17 atom stereocenters. The van der Waals surface area contributed by atoms with Gasteiger partial charge >= 0.3 is 0 Å². The summed E-state index contributed by atoms with van der Waals surface area (Å²) in [6, 6.07) is -0.994. The lowest BCUT2D eigenvalue weighted by Gasteiger charge is -2.48. The maximum absolute atomic E-state index is 13.3. The fourth-order valence-electron chi connectivity index (χ4n) is 9.74. The molecule has 3 saturated heterocycles. The van der Waals surface area contributed by atoms with Crippen molar-refractivity contribution in [3.8, 4) is 0 Å². The first-order valence-electron chi connectivity index (χ1n) is 31.9. The first kappa shape index (κ1) is 77.2. The SMILES string of the molecule is CC/C=C\C/C=C\C/C=C\C/C=C\C/C=C\C/C=C\C/C=C\C/C=C\C/C=C\C/C=C\CCCCCCC(=O)NC(COC1OC(CO)C(OC2OC(CO)C(OC3OC(CO)C(O)C(O)C3O)C(O)C2O)C(O)C1O)C(O)/C=C/CCCCCCC. The van der Waals surface area contributed by atoms with Crippen LogP contribution in [-0.2, 0) is 33.2 Å². The zero-order chi connectivity index (χ0) is 63.3. The van der Waals surface area contributed by atoms with Crippen molar-refractivity contribution in [3.05, 3.63) is 134 Å². The highest BCUT2D eigenvalue weighted by Gasteiger charge is 2.53. The molecule has 3 heterocycles. The van der Waals surface area contributed by atoms with Gasteiger partial charge in [-0.1, -0.05) is 186 Å². The Kier molecular flexibility index (Phi) is 43.2. The molecule has 0 aromatic rings. The third kappa shape index (κ3) is 31.5. The topological polar surface area (TPSA) is 307 Å². The van der Waals surface area contributed by atoms with Crippen LogP contribution in [0.4, 0.5) is 0 Å². The number of amides is 1. The predicted octanol–water partition coefficient (Wildman–Crippen LogP) is 7.04. The molecule has 0 aromatic carbocycles. The molecule has 19 nitrogen and oxygen atoms in total. The minimum atomic E-state index is -1.99. The third-order valence-corrected chi connectivity index (χ3v) is 15.0. The van der Waals surface area contributed by atoms with Crippen LogP contribution in [0.15, 0.2) is 134 Å². The molecular formula is C68H109NO18. The van der Waals surface area contributed by atoms with Crippen molar-refractivity contribution in [1.29, 1.82) is 0 Å². The van der Waals surface area contributed by atoms with Gasteiger partial charge in [-0.3, -0.25) is 4.79 Å². The number of carbonyl (C=O) groups excluding carboxylic acids is 1. The lowest BCUT2D eigenvalue weighted by atomic mass is 9.96. The second-order valence-corrected chi connectivity index (χ2v) is 22.1. The molecule has 17 unspecified atom stereocenters. The minimum absolute atomic E-state index is 0.203. The number of aliphatic hydroxyl groups excluding tert-OH is 11. The van der Waals surface area contributed by atoms with Gasteiger partial charge in [0.25, 0.3) is 0 Å². The van der Waals surface area contributed by atoms with Gasteiger partial charge < -0.3 is 89.9 Å². The van der Waals surface area contributed by atoms with E-state index in [9.17, 15) is 61.0 Å². The van der Waals surface area contributed by atoms with E-state index in [-0.39, 0.29) is 18.9 Å². The molecular weight excluding hydrogens is 1120 g/mol.